The van der Waals surface area contributed by atoms with Crippen LogP contribution in [0.15, 0.2) is 48.5 Å². The topological polar surface area (TPSA) is 43.1 Å². The molecule has 0 aliphatic carbocycles. The first kappa shape index (κ1) is 14.5. The van der Waals surface area contributed by atoms with E-state index in [9.17, 15) is 4.79 Å². The van der Waals surface area contributed by atoms with Crippen molar-refractivity contribution in [2.75, 3.05) is 0 Å². The van der Waals surface area contributed by atoms with E-state index in [-0.39, 0.29) is 17.7 Å². The number of rotatable bonds is 4. The number of hydrogen-bond acceptors (Lipinski definition) is 2. The van der Waals surface area contributed by atoms with E-state index in [2.05, 4.69) is 0 Å². The molecule has 2 atom stereocenters. The summed E-state index contributed by atoms with van der Waals surface area (Å²) in [7, 11) is 0. The monoisotopic (exact) mass is 267 g/mol. The summed E-state index contributed by atoms with van der Waals surface area (Å²) in [5.74, 6) is -0.125. The maximum absolute atomic E-state index is 12.7. The van der Waals surface area contributed by atoms with Crippen molar-refractivity contribution < 1.29 is 4.79 Å². The van der Waals surface area contributed by atoms with E-state index in [1.165, 1.54) is 0 Å². The molecule has 0 amide bonds. The lowest BCUT2D eigenvalue weighted by Gasteiger charge is -2.20. The Kier molecular flexibility index (Phi) is 4.35. The van der Waals surface area contributed by atoms with Gasteiger partial charge in [-0.3, -0.25) is 4.79 Å². The van der Waals surface area contributed by atoms with E-state index in [4.69, 9.17) is 5.73 Å². The minimum absolute atomic E-state index is 0.113. The van der Waals surface area contributed by atoms with Crippen molar-refractivity contribution >= 4 is 5.78 Å². The third kappa shape index (κ3) is 2.81. The third-order valence-electron chi connectivity index (χ3n) is 4.01. The van der Waals surface area contributed by atoms with Crippen LogP contribution in [0.4, 0.5) is 0 Å². The average molecular weight is 267 g/mol. The fourth-order valence-corrected chi connectivity index (χ4v) is 2.39. The van der Waals surface area contributed by atoms with Gasteiger partial charge in [-0.25, -0.2) is 0 Å². The molecule has 2 nitrogen and oxygen atoms in total. The zero-order chi connectivity index (χ0) is 14.7. The first-order valence-electron chi connectivity index (χ1n) is 6.93. The molecule has 0 saturated heterocycles. The number of carbonyl (C=O) groups excluding carboxylic acids is 1. The SMILES string of the molecule is Cc1cccc(C(=O)C(C)C(N)c2ccccc2)c1C. The summed E-state index contributed by atoms with van der Waals surface area (Å²) in [5.41, 5.74) is 10.2. The van der Waals surface area contributed by atoms with Gasteiger partial charge < -0.3 is 5.73 Å². The molecule has 0 bridgehead atoms. The number of benzene rings is 2. The zero-order valence-corrected chi connectivity index (χ0v) is 12.3. The van der Waals surface area contributed by atoms with E-state index in [0.29, 0.717) is 0 Å². The first-order valence-corrected chi connectivity index (χ1v) is 6.93. The predicted octanol–water partition coefficient (Wildman–Crippen LogP) is 3.82. The van der Waals surface area contributed by atoms with Crippen LogP contribution < -0.4 is 5.73 Å². The molecule has 2 heteroatoms. The fraction of sp³-hybridized carbons (Fsp3) is 0.278. The molecule has 0 fully saturated rings. The number of hydrogen-bond donors (Lipinski definition) is 1. The summed E-state index contributed by atoms with van der Waals surface area (Å²) < 4.78 is 0. The average Bonchev–Trinajstić information content (AvgIpc) is 2.48. The minimum atomic E-state index is -0.274. The molecule has 0 aliphatic rings. The van der Waals surface area contributed by atoms with Crippen LogP contribution in [-0.4, -0.2) is 5.78 Å². The van der Waals surface area contributed by atoms with Crippen LogP contribution in [0.2, 0.25) is 0 Å². The molecule has 0 heterocycles. The molecule has 20 heavy (non-hydrogen) atoms. The van der Waals surface area contributed by atoms with Crippen molar-refractivity contribution in [3.8, 4) is 0 Å². The van der Waals surface area contributed by atoms with E-state index in [1.807, 2.05) is 69.3 Å². The van der Waals surface area contributed by atoms with Crippen molar-refractivity contribution in [3.05, 3.63) is 70.8 Å². The maximum Gasteiger partial charge on any atom is 0.167 e. The van der Waals surface area contributed by atoms with Gasteiger partial charge in [-0.15, -0.1) is 0 Å². The molecular weight excluding hydrogens is 246 g/mol. The second-order valence-corrected chi connectivity index (χ2v) is 5.34. The van der Waals surface area contributed by atoms with Gasteiger partial charge in [0.15, 0.2) is 5.78 Å². The highest BCUT2D eigenvalue weighted by Gasteiger charge is 2.24. The molecule has 0 radical (unpaired) electrons. The van der Waals surface area contributed by atoms with Crippen molar-refractivity contribution in [2.45, 2.75) is 26.8 Å². The first-order chi connectivity index (χ1) is 9.52. The second kappa shape index (κ2) is 6.02. The predicted molar refractivity (Wildman–Crippen MR) is 82.8 cm³/mol. The summed E-state index contributed by atoms with van der Waals surface area (Å²) >= 11 is 0. The molecule has 0 saturated carbocycles. The minimum Gasteiger partial charge on any atom is -0.323 e. The number of Topliss-reactive ketones (excluding diaryl/α,β-unsaturated/α-hetero) is 1. The zero-order valence-electron chi connectivity index (χ0n) is 12.3. The quantitative estimate of drug-likeness (QED) is 0.856. The van der Waals surface area contributed by atoms with Gasteiger partial charge in [0.2, 0.25) is 0 Å². The van der Waals surface area contributed by atoms with Gasteiger partial charge in [-0.2, -0.15) is 0 Å². The lowest BCUT2D eigenvalue weighted by molar-refractivity contribution is 0.0912. The smallest absolute Gasteiger partial charge is 0.167 e. The molecule has 0 spiro atoms. The number of aryl methyl sites for hydroxylation is 1. The summed E-state index contributed by atoms with van der Waals surface area (Å²) in [6, 6.07) is 15.4. The standard InChI is InChI=1S/C18H21NO/c1-12-8-7-11-16(13(12)2)18(20)14(3)17(19)15-9-5-4-6-10-15/h4-11,14,17H,19H2,1-3H3. The Morgan fingerprint density at radius 1 is 1.00 bits per heavy atom. The molecule has 0 aromatic heterocycles. The molecule has 2 aromatic rings. The van der Waals surface area contributed by atoms with Crippen LogP contribution in [0.25, 0.3) is 0 Å². The van der Waals surface area contributed by atoms with E-state index in [0.717, 1.165) is 22.3 Å². The fourth-order valence-electron chi connectivity index (χ4n) is 2.39. The Hall–Kier alpha value is -1.93. The van der Waals surface area contributed by atoms with Gasteiger partial charge >= 0.3 is 0 Å². The summed E-state index contributed by atoms with van der Waals surface area (Å²) in [6.45, 7) is 5.92. The molecule has 2 rings (SSSR count). The Balaban J connectivity index is 2.27. The van der Waals surface area contributed by atoms with Crippen LogP contribution in [0.3, 0.4) is 0 Å². The highest BCUT2D eigenvalue weighted by atomic mass is 16.1. The van der Waals surface area contributed by atoms with Gasteiger partial charge in [-0.1, -0.05) is 55.5 Å². The highest BCUT2D eigenvalue weighted by Crippen LogP contribution is 2.25. The summed E-state index contributed by atoms with van der Waals surface area (Å²) in [5, 5.41) is 0. The van der Waals surface area contributed by atoms with Crippen LogP contribution in [0, 0.1) is 19.8 Å². The van der Waals surface area contributed by atoms with Gasteiger partial charge in [0.05, 0.1) is 0 Å². The molecular formula is C18H21NO. The Morgan fingerprint density at radius 2 is 1.65 bits per heavy atom. The lowest BCUT2D eigenvalue weighted by atomic mass is 9.86. The molecule has 2 N–H and O–H groups in total. The molecule has 0 aliphatic heterocycles. The van der Waals surface area contributed by atoms with Gasteiger partial charge in [0.25, 0.3) is 0 Å². The Labute approximate surface area is 120 Å². The van der Waals surface area contributed by atoms with E-state index >= 15 is 0 Å². The van der Waals surface area contributed by atoms with Crippen molar-refractivity contribution in [1.82, 2.24) is 0 Å². The molecule has 2 aromatic carbocycles. The van der Waals surface area contributed by atoms with Crippen LogP contribution in [-0.2, 0) is 0 Å². The molecule has 2 unspecified atom stereocenters. The summed E-state index contributed by atoms with van der Waals surface area (Å²) in [4.78, 5) is 12.7. The molecule has 104 valence electrons. The van der Waals surface area contributed by atoms with E-state index in [1.54, 1.807) is 0 Å². The van der Waals surface area contributed by atoms with Gasteiger partial charge in [-0.05, 0) is 30.5 Å². The number of ketones is 1. The van der Waals surface area contributed by atoms with Crippen molar-refractivity contribution in [2.24, 2.45) is 11.7 Å². The van der Waals surface area contributed by atoms with Gasteiger partial charge in [0, 0.05) is 17.5 Å². The largest absolute Gasteiger partial charge is 0.323 e. The Bertz CT molecular complexity index is 604. The van der Waals surface area contributed by atoms with Gasteiger partial charge in [0.1, 0.15) is 0 Å². The van der Waals surface area contributed by atoms with Crippen molar-refractivity contribution in [1.29, 1.82) is 0 Å². The highest BCUT2D eigenvalue weighted by molar-refractivity contribution is 5.99. The van der Waals surface area contributed by atoms with Crippen LogP contribution >= 0.6 is 0 Å². The normalized spacial score (nSPS) is 13.8. The lowest BCUT2D eigenvalue weighted by Crippen LogP contribution is -2.26. The Morgan fingerprint density at radius 3 is 2.30 bits per heavy atom. The number of carbonyl (C=O) groups is 1. The van der Waals surface area contributed by atoms with Crippen LogP contribution in [0.5, 0.6) is 0 Å². The second-order valence-electron chi connectivity index (χ2n) is 5.34. The van der Waals surface area contributed by atoms with Crippen molar-refractivity contribution in [3.63, 3.8) is 0 Å². The van der Waals surface area contributed by atoms with Crippen LogP contribution in [0.1, 0.15) is 40.0 Å². The third-order valence-corrected chi connectivity index (χ3v) is 4.01. The number of nitrogens with two attached hydrogens (primary N) is 1. The summed E-state index contributed by atoms with van der Waals surface area (Å²) in [6.07, 6.45) is 0. The van der Waals surface area contributed by atoms with E-state index < -0.39 is 0 Å². The maximum atomic E-state index is 12.7.